The number of Topliss-reactive ketones (excluding diaryl/α,β-unsaturated/α-hetero) is 1. The second-order valence-corrected chi connectivity index (χ2v) is 6.09. The lowest BCUT2D eigenvalue weighted by Crippen LogP contribution is -2.40. The lowest BCUT2D eigenvalue weighted by atomic mass is 10.1. The van der Waals surface area contributed by atoms with E-state index in [0.717, 1.165) is 68.9 Å². The third-order valence-corrected chi connectivity index (χ3v) is 4.30. The molecule has 0 bridgehead atoms. The van der Waals surface area contributed by atoms with Gasteiger partial charge in [-0.3, -0.25) is 4.79 Å². The van der Waals surface area contributed by atoms with Crippen molar-refractivity contribution in [2.45, 2.75) is 32.1 Å². The summed E-state index contributed by atoms with van der Waals surface area (Å²) in [7, 11) is 0. The fourth-order valence-electron chi connectivity index (χ4n) is 2.90. The van der Waals surface area contributed by atoms with Crippen LogP contribution in [0.1, 0.15) is 32.1 Å². The van der Waals surface area contributed by atoms with Crippen LogP contribution in [-0.4, -0.2) is 37.1 Å². The van der Waals surface area contributed by atoms with Gasteiger partial charge < -0.3 is 15.5 Å². The zero-order valence-electron chi connectivity index (χ0n) is 13.5. The van der Waals surface area contributed by atoms with Crippen LogP contribution in [0.25, 0.3) is 0 Å². The lowest BCUT2D eigenvalue weighted by Gasteiger charge is -2.28. The number of hydrogen-bond acceptors (Lipinski definition) is 5. The highest BCUT2D eigenvalue weighted by Crippen LogP contribution is 2.20. The number of benzene rings is 1. The van der Waals surface area contributed by atoms with Gasteiger partial charge in [0.1, 0.15) is 0 Å². The number of nitrogens with zero attached hydrogens (tertiary/aromatic N) is 1. The van der Waals surface area contributed by atoms with Crippen molar-refractivity contribution in [2.75, 3.05) is 37.0 Å². The number of allylic oxidation sites excluding steroid dienone is 1. The topological polar surface area (TPSA) is 53.6 Å². The first-order valence-corrected chi connectivity index (χ1v) is 8.49. The molecule has 0 aromatic heterocycles. The van der Waals surface area contributed by atoms with E-state index >= 15 is 0 Å². The average molecular weight is 315 g/mol. The minimum atomic E-state index is 0.292. The average Bonchev–Trinajstić information content (AvgIpc) is 2.79. The zero-order chi connectivity index (χ0) is 15.9. The molecule has 2 fully saturated rings. The minimum Gasteiger partial charge on any atom is -0.379 e. The monoisotopic (exact) mass is 315 g/mol. The summed E-state index contributed by atoms with van der Waals surface area (Å²) in [5.74, 6) is 0.292. The van der Waals surface area contributed by atoms with E-state index in [1.807, 2.05) is 30.5 Å². The van der Waals surface area contributed by atoms with Gasteiger partial charge in [-0.25, -0.2) is 5.01 Å². The Hall–Kier alpha value is -1.85. The molecule has 1 aromatic rings. The summed E-state index contributed by atoms with van der Waals surface area (Å²) < 4.78 is 5.34. The van der Waals surface area contributed by atoms with Gasteiger partial charge >= 0.3 is 0 Å². The molecule has 1 aromatic carbocycles. The molecule has 1 aliphatic carbocycles. The van der Waals surface area contributed by atoms with Crippen molar-refractivity contribution in [3.05, 3.63) is 36.0 Å². The summed E-state index contributed by atoms with van der Waals surface area (Å²) in [5, 5.41) is 5.42. The van der Waals surface area contributed by atoms with Crippen LogP contribution in [0.4, 0.5) is 11.4 Å². The SMILES string of the molecule is O=C1CCCCC/C1=C\Nc1ccc(NN2CCOCC2)cc1. The molecule has 0 spiro atoms. The Morgan fingerprint density at radius 2 is 1.65 bits per heavy atom. The zero-order valence-corrected chi connectivity index (χ0v) is 13.5. The quantitative estimate of drug-likeness (QED) is 0.660. The maximum atomic E-state index is 12.0. The molecule has 2 N–H and O–H groups in total. The van der Waals surface area contributed by atoms with Gasteiger partial charge in [0, 0.05) is 42.7 Å². The highest BCUT2D eigenvalue weighted by Gasteiger charge is 2.13. The van der Waals surface area contributed by atoms with Crippen LogP contribution in [0.3, 0.4) is 0 Å². The molecule has 124 valence electrons. The Morgan fingerprint density at radius 3 is 2.43 bits per heavy atom. The van der Waals surface area contributed by atoms with Gasteiger partial charge in [0.05, 0.1) is 13.2 Å². The van der Waals surface area contributed by atoms with E-state index < -0.39 is 0 Å². The van der Waals surface area contributed by atoms with Crippen LogP contribution in [-0.2, 0) is 9.53 Å². The Labute approximate surface area is 137 Å². The molecule has 0 unspecified atom stereocenters. The predicted molar refractivity (Wildman–Crippen MR) is 92.3 cm³/mol. The van der Waals surface area contributed by atoms with Crippen molar-refractivity contribution in [3.63, 3.8) is 0 Å². The Bertz CT molecular complexity index is 548. The second-order valence-electron chi connectivity index (χ2n) is 6.09. The first kappa shape index (κ1) is 16.0. The molecule has 1 saturated heterocycles. The molecular formula is C18H25N3O2. The van der Waals surface area contributed by atoms with Crippen molar-refractivity contribution in [2.24, 2.45) is 0 Å². The molecule has 23 heavy (non-hydrogen) atoms. The number of hydrazine groups is 1. The summed E-state index contributed by atoms with van der Waals surface area (Å²) in [6.07, 6.45) is 6.77. The third-order valence-electron chi connectivity index (χ3n) is 4.30. The number of nitrogens with one attached hydrogen (secondary N) is 2. The van der Waals surface area contributed by atoms with Crippen LogP contribution in [0.2, 0.25) is 0 Å². The third kappa shape index (κ3) is 4.81. The van der Waals surface area contributed by atoms with E-state index in [2.05, 4.69) is 15.8 Å². The highest BCUT2D eigenvalue weighted by molar-refractivity contribution is 5.95. The number of rotatable bonds is 4. The van der Waals surface area contributed by atoms with Gasteiger partial charge in [-0.15, -0.1) is 0 Å². The van der Waals surface area contributed by atoms with Crippen molar-refractivity contribution >= 4 is 17.2 Å². The summed E-state index contributed by atoms with van der Waals surface area (Å²) in [6.45, 7) is 3.34. The molecule has 1 heterocycles. The highest BCUT2D eigenvalue weighted by atomic mass is 16.5. The number of carbonyl (C=O) groups is 1. The van der Waals surface area contributed by atoms with Gasteiger partial charge in [0.2, 0.25) is 0 Å². The summed E-state index contributed by atoms with van der Waals surface area (Å²) in [5.41, 5.74) is 6.38. The molecule has 5 heteroatoms. The smallest absolute Gasteiger partial charge is 0.160 e. The molecule has 1 saturated carbocycles. The molecule has 0 radical (unpaired) electrons. The van der Waals surface area contributed by atoms with E-state index in [1.54, 1.807) is 0 Å². The Balaban J connectivity index is 1.55. The maximum Gasteiger partial charge on any atom is 0.160 e. The Kier molecular flexibility index (Phi) is 5.66. The minimum absolute atomic E-state index is 0.292. The number of ketones is 1. The molecule has 1 aliphatic heterocycles. The van der Waals surface area contributed by atoms with E-state index in [1.165, 1.54) is 0 Å². The van der Waals surface area contributed by atoms with E-state index in [9.17, 15) is 4.79 Å². The number of ether oxygens (including phenoxy) is 1. The van der Waals surface area contributed by atoms with Gasteiger partial charge in [0.15, 0.2) is 5.78 Å². The predicted octanol–water partition coefficient (Wildman–Crippen LogP) is 3.17. The molecule has 0 amide bonds. The van der Waals surface area contributed by atoms with Crippen molar-refractivity contribution in [3.8, 4) is 0 Å². The maximum absolute atomic E-state index is 12.0. The molecule has 3 rings (SSSR count). The fraction of sp³-hybridized carbons (Fsp3) is 0.500. The van der Waals surface area contributed by atoms with E-state index in [-0.39, 0.29) is 0 Å². The van der Waals surface area contributed by atoms with Crippen molar-refractivity contribution < 1.29 is 9.53 Å². The number of hydrogen-bond donors (Lipinski definition) is 2. The van der Waals surface area contributed by atoms with Crippen LogP contribution in [0.15, 0.2) is 36.0 Å². The number of morpholine rings is 1. The number of carbonyl (C=O) groups excluding carboxylic acids is 1. The largest absolute Gasteiger partial charge is 0.379 e. The Morgan fingerprint density at radius 1 is 0.957 bits per heavy atom. The van der Waals surface area contributed by atoms with Crippen LogP contribution in [0, 0.1) is 0 Å². The summed E-state index contributed by atoms with van der Waals surface area (Å²) >= 11 is 0. The van der Waals surface area contributed by atoms with E-state index in [0.29, 0.717) is 12.2 Å². The van der Waals surface area contributed by atoms with Crippen molar-refractivity contribution in [1.82, 2.24) is 5.01 Å². The second kappa shape index (κ2) is 8.13. The number of anilines is 2. The van der Waals surface area contributed by atoms with E-state index in [4.69, 9.17) is 4.74 Å². The first-order chi connectivity index (χ1) is 11.3. The van der Waals surface area contributed by atoms with Crippen LogP contribution >= 0.6 is 0 Å². The van der Waals surface area contributed by atoms with Gasteiger partial charge in [-0.2, -0.15) is 0 Å². The van der Waals surface area contributed by atoms with Gasteiger partial charge in [-0.05, 0) is 43.5 Å². The van der Waals surface area contributed by atoms with Gasteiger partial charge in [-0.1, -0.05) is 6.42 Å². The standard InChI is InChI=1S/C18H25N3O2/c22-18-5-3-1-2-4-15(18)14-19-16-6-8-17(9-7-16)20-21-10-12-23-13-11-21/h6-9,14,19-20H,1-5,10-13H2/b15-14+. The fourth-order valence-corrected chi connectivity index (χ4v) is 2.90. The normalized spacial score (nSPS) is 21.9. The summed E-state index contributed by atoms with van der Waals surface area (Å²) in [6, 6.07) is 8.15. The van der Waals surface area contributed by atoms with Crippen LogP contribution in [0.5, 0.6) is 0 Å². The molecular weight excluding hydrogens is 290 g/mol. The molecule has 2 aliphatic rings. The lowest BCUT2D eigenvalue weighted by molar-refractivity contribution is -0.115. The summed E-state index contributed by atoms with van der Waals surface area (Å²) in [4.78, 5) is 12.0. The molecule has 0 atom stereocenters. The molecule has 5 nitrogen and oxygen atoms in total. The van der Waals surface area contributed by atoms with Crippen molar-refractivity contribution in [1.29, 1.82) is 0 Å². The first-order valence-electron chi connectivity index (χ1n) is 8.49. The van der Waals surface area contributed by atoms with Gasteiger partial charge in [0.25, 0.3) is 0 Å². The van der Waals surface area contributed by atoms with Crippen LogP contribution < -0.4 is 10.7 Å².